The average Bonchev–Trinajstić information content (AvgIpc) is 2.23. The molecule has 1 N–H and O–H groups in total. The van der Waals surface area contributed by atoms with Crippen molar-refractivity contribution in [3.05, 3.63) is 0 Å². The Kier molecular flexibility index (Phi) is 4.66. The van der Waals surface area contributed by atoms with Gasteiger partial charge in [0.25, 0.3) is 0 Å². The standard InChI is InChI=1S/C14H28N2/c1-14(8-7-9-15-12-14)13-16-10-5-3-2-4-6-11-16/h15H,2-13H2,1H3. The molecule has 0 aromatic rings. The minimum atomic E-state index is 0.539. The van der Waals surface area contributed by atoms with Crippen molar-refractivity contribution in [1.29, 1.82) is 0 Å². The molecule has 2 aliphatic heterocycles. The molecular weight excluding hydrogens is 196 g/mol. The lowest BCUT2D eigenvalue weighted by atomic mass is 9.82. The topological polar surface area (TPSA) is 15.3 Å². The van der Waals surface area contributed by atoms with Crippen LogP contribution in [0.5, 0.6) is 0 Å². The first-order chi connectivity index (χ1) is 7.79. The van der Waals surface area contributed by atoms with E-state index in [9.17, 15) is 0 Å². The molecule has 0 aromatic heterocycles. The second-order valence-corrected chi connectivity index (χ2v) is 6.13. The second-order valence-electron chi connectivity index (χ2n) is 6.13. The van der Waals surface area contributed by atoms with E-state index in [4.69, 9.17) is 0 Å². The first kappa shape index (κ1) is 12.4. The van der Waals surface area contributed by atoms with Crippen LogP contribution in [0.3, 0.4) is 0 Å². The highest BCUT2D eigenvalue weighted by atomic mass is 15.1. The van der Waals surface area contributed by atoms with Crippen LogP contribution in [0, 0.1) is 5.41 Å². The molecule has 0 radical (unpaired) electrons. The largest absolute Gasteiger partial charge is 0.316 e. The van der Waals surface area contributed by atoms with Crippen LogP contribution in [0.25, 0.3) is 0 Å². The Hall–Kier alpha value is -0.0800. The predicted molar refractivity (Wildman–Crippen MR) is 69.7 cm³/mol. The lowest BCUT2D eigenvalue weighted by Crippen LogP contribution is -2.46. The summed E-state index contributed by atoms with van der Waals surface area (Å²) in [5, 5.41) is 3.57. The summed E-state index contributed by atoms with van der Waals surface area (Å²) in [5.41, 5.74) is 0.539. The molecule has 0 spiro atoms. The summed E-state index contributed by atoms with van der Waals surface area (Å²) in [6, 6.07) is 0. The van der Waals surface area contributed by atoms with Crippen LogP contribution in [0.2, 0.25) is 0 Å². The average molecular weight is 224 g/mol. The Balaban J connectivity index is 1.81. The van der Waals surface area contributed by atoms with Gasteiger partial charge < -0.3 is 10.2 Å². The van der Waals surface area contributed by atoms with Crippen molar-refractivity contribution >= 4 is 0 Å². The van der Waals surface area contributed by atoms with E-state index in [0.717, 1.165) is 0 Å². The Bertz CT molecular complexity index is 189. The van der Waals surface area contributed by atoms with Crippen LogP contribution in [0.1, 0.15) is 51.9 Å². The third-order valence-electron chi connectivity index (χ3n) is 4.24. The minimum Gasteiger partial charge on any atom is -0.316 e. The van der Waals surface area contributed by atoms with Crippen molar-refractivity contribution in [3.63, 3.8) is 0 Å². The number of likely N-dealkylation sites (tertiary alicyclic amines) is 1. The van der Waals surface area contributed by atoms with Crippen LogP contribution >= 0.6 is 0 Å². The summed E-state index contributed by atoms with van der Waals surface area (Å²) in [4.78, 5) is 2.73. The first-order valence-corrected chi connectivity index (χ1v) is 7.22. The number of nitrogens with zero attached hydrogens (tertiary/aromatic N) is 1. The van der Waals surface area contributed by atoms with Gasteiger partial charge in [0, 0.05) is 13.1 Å². The molecule has 2 aliphatic rings. The summed E-state index contributed by atoms with van der Waals surface area (Å²) < 4.78 is 0. The van der Waals surface area contributed by atoms with Gasteiger partial charge in [-0.1, -0.05) is 26.2 Å². The van der Waals surface area contributed by atoms with Gasteiger partial charge in [-0.2, -0.15) is 0 Å². The van der Waals surface area contributed by atoms with Crippen molar-refractivity contribution < 1.29 is 0 Å². The molecule has 2 heteroatoms. The van der Waals surface area contributed by atoms with E-state index in [1.165, 1.54) is 77.7 Å². The fourth-order valence-electron chi connectivity index (χ4n) is 3.26. The molecule has 0 bridgehead atoms. The van der Waals surface area contributed by atoms with Gasteiger partial charge in [-0.15, -0.1) is 0 Å². The highest BCUT2D eigenvalue weighted by Gasteiger charge is 2.28. The zero-order valence-electron chi connectivity index (χ0n) is 10.9. The summed E-state index contributed by atoms with van der Waals surface area (Å²) in [6.45, 7) is 8.93. The molecule has 1 unspecified atom stereocenters. The molecule has 2 rings (SSSR count). The van der Waals surface area contributed by atoms with Gasteiger partial charge in [0.2, 0.25) is 0 Å². The van der Waals surface area contributed by atoms with E-state index < -0.39 is 0 Å². The molecular formula is C14H28N2. The van der Waals surface area contributed by atoms with Gasteiger partial charge >= 0.3 is 0 Å². The van der Waals surface area contributed by atoms with Crippen LogP contribution in [-0.4, -0.2) is 37.6 Å². The molecule has 94 valence electrons. The molecule has 2 heterocycles. The summed E-state index contributed by atoms with van der Waals surface area (Å²) in [5.74, 6) is 0. The molecule has 2 nitrogen and oxygen atoms in total. The molecule has 0 aromatic carbocycles. The molecule has 1 atom stereocenters. The zero-order valence-corrected chi connectivity index (χ0v) is 10.9. The smallest absolute Gasteiger partial charge is 0.00475 e. The quantitative estimate of drug-likeness (QED) is 0.776. The minimum absolute atomic E-state index is 0.539. The van der Waals surface area contributed by atoms with E-state index >= 15 is 0 Å². The number of piperidine rings is 1. The Morgan fingerprint density at radius 1 is 1.00 bits per heavy atom. The van der Waals surface area contributed by atoms with Gasteiger partial charge in [0.1, 0.15) is 0 Å². The highest BCUT2D eigenvalue weighted by Crippen LogP contribution is 2.27. The predicted octanol–water partition coefficient (Wildman–Crippen LogP) is 2.64. The maximum absolute atomic E-state index is 3.57. The van der Waals surface area contributed by atoms with Crippen LogP contribution in [-0.2, 0) is 0 Å². The lowest BCUT2D eigenvalue weighted by molar-refractivity contribution is 0.125. The van der Waals surface area contributed by atoms with Crippen LogP contribution in [0.4, 0.5) is 0 Å². The molecule has 2 fully saturated rings. The summed E-state index contributed by atoms with van der Waals surface area (Å²) in [7, 11) is 0. The van der Waals surface area contributed by atoms with Gasteiger partial charge in [-0.05, 0) is 50.7 Å². The van der Waals surface area contributed by atoms with Crippen LogP contribution in [0.15, 0.2) is 0 Å². The van der Waals surface area contributed by atoms with E-state index in [1.807, 2.05) is 0 Å². The maximum atomic E-state index is 3.57. The Labute approximate surface area is 101 Å². The SMILES string of the molecule is CC1(CN2CCCCCCC2)CCCNC1. The van der Waals surface area contributed by atoms with Gasteiger partial charge in [-0.25, -0.2) is 0 Å². The lowest BCUT2D eigenvalue weighted by Gasteiger charge is -2.39. The number of rotatable bonds is 2. The number of nitrogens with one attached hydrogen (secondary N) is 1. The van der Waals surface area contributed by atoms with Crippen molar-refractivity contribution in [2.24, 2.45) is 5.41 Å². The maximum Gasteiger partial charge on any atom is 0.00475 e. The fraction of sp³-hybridized carbons (Fsp3) is 1.00. The van der Waals surface area contributed by atoms with Crippen LogP contribution < -0.4 is 5.32 Å². The van der Waals surface area contributed by atoms with Crippen molar-refractivity contribution in [3.8, 4) is 0 Å². The van der Waals surface area contributed by atoms with Crippen molar-refractivity contribution in [1.82, 2.24) is 10.2 Å². The molecule has 16 heavy (non-hydrogen) atoms. The van der Waals surface area contributed by atoms with Crippen molar-refractivity contribution in [2.75, 3.05) is 32.7 Å². The normalized spacial score (nSPS) is 34.3. The van der Waals surface area contributed by atoms with E-state index in [2.05, 4.69) is 17.1 Å². The molecule has 0 aliphatic carbocycles. The molecule has 2 saturated heterocycles. The summed E-state index contributed by atoms with van der Waals surface area (Å²) >= 11 is 0. The monoisotopic (exact) mass is 224 g/mol. The second kappa shape index (κ2) is 6.02. The number of hydrogen-bond donors (Lipinski definition) is 1. The van der Waals surface area contributed by atoms with E-state index in [-0.39, 0.29) is 0 Å². The fourth-order valence-corrected chi connectivity index (χ4v) is 3.26. The zero-order chi connectivity index (χ0) is 11.3. The first-order valence-electron chi connectivity index (χ1n) is 7.22. The molecule has 0 saturated carbocycles. The third-order valence-corrected chi connectivity index (χ3v) is 4.24. The van der Waals surface area contributed by atoms with E-state index in [1.54, 1.807) is 0 Å². The number of hydrogen-bond acceptors (Lipinski definition) is 2. The Morgan fingerprint density at radius 3 is 2.31 bits per heavy atom. The van der Waals surface area contributed by atoms with Crippen molar-refractivity contribution in [2.45, 2.75) is 51.9 Å². The Morgan fingerprint density at radius 2 is 1.69 bits per heavy atom. The van der Waals surface area contributed by atoms with E-state index in [0.29, 0.717) is 5.41 Å². The van der Waals surface area contributed by atoms with Gasteiger partial charge in [0.15, 0.2) is 0 Å². The van der Waals surface area contributed by atoms with Gasteiger partial charge in [-0.3, -0.25) is 0 Å². The highest BCUT2D eigenvalue weighted by molar-refractivity contribution is 4.84. The third kappa shape index (κ3) is 3.74. The summed E-state index contributed by atoms with van der Waals surface area (Å²) in [6.07, 6.45) is 9.98. The van der Waals surface area contributed by atoms with Gasteiger partial charge in [0.05, 0.1) is 0 Å². The molecule has 0 amide bonds.